The molecule has 35 heavy (non-hydrogen) atoms. The van der Waals surface area contributed by atoms with Gasteiger partial charge in [0, 0.05) is 35.5 Å². The van der Waals surface area contributed by atoms with Gasteiger partial charge < -0.3 is 19.6 Å². The van der Waals surface area contributed by atoms with Crippen molar-refractivity contribution in [1.29, 1.82) is 0 Å². The number of aliphatic hydroxyl groups excluding tert-OH is 1. The number of carbonyl (C=O) groups excluding carboxylic acids is 1. The van der Waals surface area contributed by atoms with Crippen molar-refractivity contribution >= 4 is 16.8 Å². The second-order valence-corrected chi connectivity index (χ2v) is 9.46. The van der Waals surface area contributed by atoms with Gasteiger partial charge >= 0.3 is 0 Å². The van der Waals surface area contributed by atoms with Gasteiger partial charge in [-0.25, -0.2) is 0 Å². The van der Waals surface area contributed by atoms with Crippen LogP contribution in [0.25, 0.3) is 11.0 Å². The van der Waals surface area contributed by atoms with Gasteiger partial charge in [0.15, 0.2) is 5.76 Å². The second kappa shape index (κ2) is 10.9. The molecule has 182 valence electrons. The maximum absolute atomic E-state index is 13.5. The lowest BCUT2D eigenvalue weighted by Crippen LogP contribution is -2.35. The van der Waals surface area contributed by atoms with Gasteiger partial charge in [0.25, 0.3) is 0 Å². The molecule has 1 atom stereocenters. The Hall–Kier alpha value is -3.41. The fourth-order valence-corrected chi connectivity index (χ4v) is 4.23. The Morgan fingerprint density at radius 3 is 2.37 bits per heavy atom. The van der Waals surface area contributed by atoms with E-state index in [2.05, 4.69) is 11.4 Å². The molecular weight excluding hydrogens is 438 g/mol. The van der Waals surface area contributed by atoms with Crippen LogP contribution < -0.4 is 10.1 Å². The van der Waals surface area contributed by atoms with Crippen LogP contribution in [0.1, 0.15) is 52.2 Å². The Balaban J connectivity index is 1.54. The number of ketones is 1. The zero-order valence-corrected chi connectivity index (χ0v) is 20.8. The van der Waals surface area contributed by atoms with Gasteiger partial charge in [-0.2, -0.15) is 0 Å². The van der Waals surface area contributed by atoms with Crippen molar-refractivity contribution in [2.45, 2.75) is 46.3 Å². The summed E-state index contributed by atoms with van der Waals surface area (Å²) in [5.74, 6) is 0.977. The van der Waals surface area contributed by atoms with Crippen LogP contribution in [0.4, 0.5) is 0 Å². The molecule has 1 aromatic heterocycles. The van der Waals surface area contributed by atoms with Crippen LogP contribution in [0, 0.1) is 13.8 Å². The third-order valence-electron chi connectivity index (χ3n) is 5.90. The largest absolute Gasteiger partial charge is 0.491 e. The Labute approximate surface area is 206 Å². The average molecular weight is 472 g/mol. The maximum Gasteiger partial charge on any atom is 0.228 e. The summed E-state index contributed by atoms with van der Waals surface area (Å²) >= 11 is 0. The first kappa shape index (κ1) is 24.7. The SMILES string of the molecule is Cc1cc(C)cc(C(=O)c2oc3ccccc3c2Cc2ccc(OCC(O)CNC(C)C)cc2)c1. The minimum Gasteiger partial charge on any atom is -0.491 e. The molecule has 0 fully saturated rings. The summed E-state index contributed by atoms with van der Waals surface area (Å²) in [5, 5.41) is 14.2. The number of carbonyl (C=O) groups is 1. The highest BCUT2D eigenvalue weighted by atomic mass is 16.5. The van der Waals surface area contributed by atoms with E-state index >= 15 is 0 Å². The molecule has 0 saturated carbocycles. The van der Waals surface area contributed by atoms with E-state index in [-0.39, 0.29) is 12.4 Å². The van der Waals surface area contributed by atoms with Gasteiger partial charge in [-0.05, 0) is 49.7 Å². The average Bonchev–Trinajstić information content (AvgIpc) is 3.19. The van der Waals surface area contributed by atoms with Crippen LogP contribution in [0.3, 0.4) is 0 Å². The van der Waals surface area contributed by atoms with Crippen LogP contribution in [-0.2, 0) is 6.42 Å². The Morgan fingerprint density at radius 2 is 1.69 bits per heavy atom. The number of aryl methyl sites for hydroxylation is 2. The zero-order chi connectivity index (χ0) is 24.9. The topological polar surface area (TPSA) is 71.7 Å². The smallest absolute Gasteiger partial charge is 0.228 e. The van der Waals surface area contributed by atoms with Crippen LogP contribution in [-0.4, -0.2) is 36.2 Å². The van der Waals surface area contributed by atoms with E-state index in [1.54, 1.807) is 0 Å². The summed E-state index contributed by atoms with van der Waals surface area (Å²) in [6, 6.07) is 21.7. The second-order valence-electron chi connectivity index (χ2n) is 9.46. The van der Waals surface area contributed by atoms with Crippen molar-refractivity contribution in [3.8, 4) is 5.75 Å². The minimum absolute atomic E-state index is 0.105. The lowest BCUT2D eigenvalue weighted by Gasteiger charge is -2.15. The summed E-state index contributed by atoms with van der Waals surface area (Å²) in [6.07, 6.45) is -0.0161. The van der Waals surface area contributed by atoms with E-state index in [0.29, 0.717) is 41.7 Å². The number of fused-ring (bicyclic) bond motifs is 1. The molecule has 2 N–H and O–H groups in total. The minimum atomic E-state index is -0.576. The zero-order valence-electron chi connectivity index (χ0n) is 20.8. The number of aliphatic hydroxyl groups is 1. The first-order valence-electron chi connectivity index (χ1n) is 12.1. The quantitative estimate of drug-likeness (QED) is 0.294. The molecule has 1 heterocycles. The molecule has 0 saturated heterocycles. The van der Waals surface area contributed by atoms with Crippen LogP contribution in [0.2, 0.25) is 0 Å². The highest BCUT2D eigenvalue weighted by Crippen LogP contribution is 2.30. The molecule has 0 radical (unpaired) electrons. The number of hydrogen-bond donors (Lipinski definition) is 2. The summed E-state index contributed by atoms with van der Waals surface area (Å²) in [4.78, 5) is 13.5. The van der Waals surface area contributed by atoms with Gasteiger partial charge in [0.2, 0.25) is 5.78 Å². The van der Waals surface area contributed by atoms with Gasteiger partial charge in [-0.3, -0.25) is 4.79 Å². The molecule has 0 aliphatic rings. The van der Waals surface area contributed by atoms with Crippen molar-refractivity contribution in [2.24, 2.45) is 0 Å². The number of rotatable bonds is 10. The maximum atomic E-state index is 13.5. The van der Waals surface area contributed by atoms with E-state index < -0.39 is 6.10 Å². The third-order valence-corrected chi connectivity index (χ3v) is 5.90. The fraction of sp³-hybridized carbons (Fsp3) is 0.300. The number of benzene rings is 3. The molecule has 1 unspecified atom stereocenters. The number of nitrogens with one attached hydrogen (secondary N) is 1. The predicted molar refractivity (Wildman–Crippen MR) is 139 cm³/mol. The van der Waals surface area contributed by atoms with Crippen molar-refractivity contribution in [1.82, 2.24) is 5.32 Å². The summed E-state index contributed by atoms with van der Waals surface area (Å²) in [5.41, 5.74) is 5.36. The molecule has 5 nitrogen and oxygen atoms in total. The summed E-state index contributed by atoms with van der Waals surface area (Å²) in [6.45, 7) is 8.77. The van der Waals surface area contributed by atoms with Gasteiger partial charge in [-0.15, -0.1) is 0 Å². The molecule has 0 aliphatic heterocycles. The third kappa shape index (κ3) is 6.18. The van der Waals surface area contributed by atoms with Gasteiger partial charge in [0.05, 0.1) is 0 Å². The highest BCUT2D eigenvalue weighted by molar-refractivity contribution is 6.10. The fourth-order valence-electron chi connectivity index (χ4n) is 4.23. The number of furan rings is 1. The number of para-hydroxylation sites is 1. The van der Waals surface area contributed by atoms with Crippen LogP contribution in [0.5, 0.6) is 5.75 Å². The van der Waals surface area contributed by atoms with Gasteiger partial charge in [0.1, 0.15) is 24.0 Å². The molecule has 3 aromatic carbocycles. The molecule has 0 aliphatic carbocycles. The molecule has 4 aromatic rings. The van der Waals surface area contributed by atoms with Crippen molar-refractivity contribution < 1.29 is 19.1 Å². The standard InChI is InChI=1S/C30H33NO4/c1-19(2)31-17-24(32)18-34-25-11-9-22(10-12-25)16-27-26-7-5-6-8-28(26)35-30(27)29(33)23-14-20(3)13-21(4)15-23/h5-15,19,24,31-32H,16-18H2,1-4H3. The van der Waals surface area contributed by atoms with E-state index in [1.807, 2.05) is 88.4 Å². The first-order valence-corrected chi connectivity index (χ1v) is 12.1. The van der Waals surface area contributed by atoms with E-state index in [9.17, 15) is 9.90 Å². The molecule has 4 rings (SSSR count). The van der Waals surface area contributed by atoms with Crippen molar-refractivity contribution in [3.05, 3.63) is 100 Å². The first-order chi connectivity index (χ1) is 16.8. The molecule has 5 heteroatoms. The highest BCUT2D eigenvalue weighted by Gasteiger charge is 2.22. The Kier molecular flexibility index (Phi) is 7.69. The van der Waals surface area contributed by atoms with E-state index in [4.69, 9.17) is 9.15 Å². The van der Waals surface area contributed by atoms with Crippen molar-refractivity contribution in [2.75, 3.05) is 13.2 Å². The van der Waals surface area contributed by atoms with E-state index in [0.717, 1.165) is 27.6 Å². The number of hydrogen-bond acceptors (Lipinski definition) is 5. The molecule has 0 amide bonds. The molecule has 0 spiro atoms. The molecular formula is C30H33NO4. The Morgan fingerprint density at radius 1 is 1.00 bits per heavy atom. The van der Waals surface area contributed by atoms with Crippen LogP contribution >= 0.6 is 0 Å². The lowest BCUT2D eigenvalue weighted by molar-refractivity contribution is 0.101. The lowest BCUT2D eigenvalue weighted by atomic mass is 9.96. The summed E-state index contributed by atoms with van der Waals surface area (Å²) < 4.78 is 11.8. The normalized spacial score (nSPS) is 12.3. The monoisotopic (exact) mass is 471 g/mol. The Bertz CT molecular complexity index is 1280. The van der Waals surface area contributed by atoms with Crippen molar-refractivity contribution in [3.63, 3.8) is 0 Å². The van der Waals surface area contributed by atoms with E-state index in [1.165, 1.54) is 0 Å². The van der Waals surface area contributed by atoms with Gasteiger partial charge in [-0.1, -0.05) is 61.4 Å². The number of ether oxygens (including phenoxy) is 1. The molecule has 0 bridgehead atoms. The summed E-state index contributed by atoms with van der Waals surface area (Å²) in [7, 11) is 0. The predicted octanol–water partition coefficient (Wildman–Crippen LogP) is 5.61. The van der Waals surface area contributed by atoms with Crippen LogP contribution in [0.15, 0.2) is 71.1 Å².